The van der Waals surface area contributed by atoms with Crippen LogP contribution in [0.15, 0.2) is 48.5 Å². The Hall–Kier alpha value is -2.87. The van der Waals surface area contributed by atoms with E-state index in [0.29, 0.717) is 18.1 Å². The molecule has 29 heavy (non-hydrogen) atoms. The molecule has 1 aliphatic rings. The number of halogens is 4. The molecule has 0 atom stereocenters. The van der Waals surface area contributed by atoms with Gasteiger partial charge >= 0.3 is 6.18 Å². The first-order valence-electron chi connectivity index (χ1n) is 8.97. The summed E-state index contributed by atoms with van der Waals surface area (Å²) in [5, 5.41) is 0.622. The fraction of sp³-hybridized carbons (Fsp3) is 0.250. The van der Waals surface area contributed by atoms with Crippen LogP contribution < -0.4 is 4.90 Å². The Morgan fingerprint density at radius 1 is 0.897 bits per heavy atom. The van der Waals surface area contributed by atoms with Crippen LogP contribution >= 0.6 is 11.6 Å². The van der Waals surface area contributed by atoms with E-state index in [1.54, 1.807) is 24.3 Å². The molecular weight excluding hydrogens is 405 g/mol. The van der Waals surface area contributed by atoms with E-state index in [9.17, 15) is 18.0 Å². The summed E-state index contributed by atoms with van der Waals surface area (Å²) in [6.07, 6.45) is -4.77. The van der Waals surface area contributed by atoms with E-state index in [2.05, 4.69) is 14.9 Å². The van der Waals surface area contributed by atoms with Crippen LogP contribution in [0.1, 0.15) is 16.2 Å². The molecule has 0 spiro atoms. The number of fused-ring (bicyclic) bond motifs is 1. The van der Waals surface area contributed by atoms with Crippen LogP contribution in [0.3, 0.4) is 0 Å². The Morgan fingerprint density at radius 2 is 1.48 bits per heavy atom. The van der Waals surface area contributed by atoms with Gasteiger partial charge in [0.15, 0.2) is 11.4 Å². The number of alkyl halides is 3. The number of nitrogens with zero attached hydrogens (tertiary/aromatic N) is 4. The molecule has 1 aromatic heterocycles. The maximum absolute atomic E-state index is 13.5. The summed E-state index contributed by atoms with van der Waals surface area (Å²) < 4.78 is 40.6. The van der Waals surface area contributed by atoms with Gasteiger partial charge in [-0.25, -0.2) is 9.97 Å². The van der Waals surface area contributed by atoms with Crippen LogP contribution in [-0.4, -0.2) is 47.0 Å². The molecule has 0 unspecified atom stereocenters. The Bertz CT molecular complexity index is 1050. The van der Waals surface area contributed by atoms with Crippen LogP contribution in [-0.2, 0) is 6.18 Å². The highest BCUT2D eigenvalue weighted by molar-refractivity contribution is 6.30. The zero-order chi connectivity index (χ0) is 20.6. The third-order valence-electron chi connectivity index (χ3n) is 4.80. The van der Waals surface area contributed by atoms with E-state index >= 15 is 0 Å². The monoisotopic (exact) mass is 420 g/mol. The lowest BCUT2D eigenvalue weighted by Crippen LogP contribution is -2.49. The number of benzene rings is 2. The highest BCUT2D eigenvalue weighted by Crippen LogP contribution is 2.32. The molecule has 0 saturated carbocycles. The maximum Gasteiger partial charge on any atom is 0.435 e. The molecule has 0 N–H and O–H groups in total. The van der Waals surface area contributed by atoms with Crippen LogP contribution in [0.25, 0.3) is 11.0 Å². The first-order chi connectivity index (χ1) is 13.8. The molecule has 4 rings (SSSR count). The summed E-state index contributed by atoms with van der Waals surface area (Å²) in [5.41, 5.74) is -0.604. The van der Waals surface area contributed by atoms with Crippen molar-refractivity contribution in [3.63, 3.8) is 0 Å². The Kier molecular flexibility index (Phi) is 5.04. The third kappa shape index (κ3) is 3.98. The van der Waals surface area contributed by atoms with Crippen molar-refractivity contribution in [1.29, 1.82) is 0 Å². The van der Waals surface area contributed by atoms with E-state index in [1.807, 2.05) is 12.1 Å². The van der Waals surface area contributed by atoms with Crippen molar-refractivity contribution >= 4 is 34.2 Å². The van der Waals surface area contributed by atoms with Gasteiger partial charge in [-0.2, -0.15) is 13.2 Å². The van der Waals surface area contributed by atoms with Gasteiger partial charge in [-0.1, -0.05) is 23.7 Å². The van der Waals surface area contributed by atoms with E-state index < -0.39 is 23.5 Å². The van der Waals surface area contributed by atoms with Gasteiger partial charge in [-0.3, -0.25) is 4.79 Å². The van der Waals surface area contributed by atoms with Crippen molar-refractivity contribution in [2.45, 2.75) is 6.18 Å². The summed E-state index contributed by atoms with van der Waals surface area (Å²) in [6, 6.07) is 13.5. The van der Waals surface area contributed by atoms with Gasteiger partial charge in [0.2, 0.25) is 0 Å². The second kappa shape index (κ2) is 7.51. The second-order valence-corrected chi connectivity index (χ2v) is 7.10. The van der Waals surface area contributed by atoms with E-state index in [1.165, 1.54) is 17.0 Å². The standard InChI is InChI=1S/C20H16ClF3N4O/c21-13-5-7-14(8-6-13)27-9-11-28(12-10-27)19(29)17-18(20(22,23)24)26-16-4-2-1-3-15(16)25-17/h1-8H,9-12H2. The lowest BCUT2D eigenvalue weighted by atomic mass is 10.2. The molecular formula is C20H16ClF3N4O. The molecule has 2 heterocycles. The first-order valence-corrected chi connectivity index (χ1v) is 9.34. The van der Waals surface area contributed by atoms with E-state index in [-0.39, 0.29) is 24.1 Å². The van der Waals surface area contributed by atoms with Crippen LogP contribution in [0.2, 0.25) is 5.02 Å². The first kappa shape index (κ1) is 19.4. The molecule has 1 saturated heterocycles. The second-order valence-electron chi connectivity index (χ2n) is 6.66. The van der Waals surface area contributed by atoms with Crippen molar-refractivity contribution in [2.24, 2.45) is 0 Å². The predicted molar refractivity (Wildman–Crippen MR) is 104 cm³/mol. The van der Waals surface area contributed by atoms with Crippen LogP contribution in [0.4, 0.5) is 18.9 Å². The van der Waals surface area contributed by atoms with Gasteiger partial charge in [0.1, 0.15) is 0 Å². The van der Waals surface area contributed by atoms with E-state index in [4.69, 9.17) is 11.6 Å². The van der Waals surface area contributed by atoms with Gasteiger partial charge in [0.25, 0.3) is 5.91 Å². The molecule has 0 aliphatic carbocycles. The number of para-hydroxylation sites is 2. The van der Waals surface area contributed by atoms with Crippen molar-refractivity contribution < 1.29 is 18.0 Å². The summed E-state index contributed by atoms with van der Waals surface area (Å²) >= 11 is 5.90. The van der Waals surface area contributed by atoms with Gasteiger partial charge in [0.05, 0.1) is 11.0 Å². The number of rotatable bonds is 2. The minimum absolute atomic E-state index is 0.101. The molecule has 0 radical (unpaired) electrons. The van der Waals surface area contributed by atoms with Gasteiger partial charge in [-0.15, -0.1) is 0 Å². The Labute approximate surface area is 169 Å². The highest BCUT2D eigenvalue weighted by Gasteiger charge is 2.40. The number of hydrogen-bond donors (Lipinski definition) is 0. The Morgan fingerprint density at radius 3 is 2.07 bits per heavy atom. The number of carbonyl (C=O) groups excluding carboxylic acids is 1. The topological polar surface area (TPSA) is 49.3 Å². The molecule has 5 nitrogen and oxygen atoms in total. The zero-order valence-corrected chi connectivity index (χ0v) is 15.9. The van der Waals surface area contributed by atoms with Gasteiger partial charge in [0, 0.05) is 36.9 Å². The molecule has 1 aliphatic heterocycles. The van der Waals surface area contributed by atoms with Gasteiger partial charge < -0.3 is 9.80 Å². The minimum Gasteiger partial charge on any atom is -0.368 e. The molecule has 1 amide bonds. The molecule has 1 fully saturated rings. The molecule has 0 bridgehead atoms. The van der Waals surface area contributed by atoms with Crippen molar-refractivity contribution in [3.05, 3.63) is 64.9 Å². The largest absolute Gasteiger partial charge is 0.435 e. The quantitative estimate of drug-likeness (QED) is 0.621. The van der Waals surface area contributed by atoms with Crippen molar-refractivity contribution in [1.82, 2.24) is 14.9 Å². The van der Waals surface area contributed by atoms with Crippen molar-refractivity contribution in [2.75, 3.05) is 31.1 Å². The van der Waals surface area contributed by atoms with Crippen LogP contribution in [0.5, 0.6) is 0 Å². The lowest BCUT2D eigenvalue weighted by Gasteiger charge is -2.36. The zero-order valence-electron chi connectivity index (χ0n) is 15.2. The van der Waals surface area contributed by atoms with Gasteiger partial charge in [-0.05, 0) is 36.4 Å². The summed E-state index contributed by atoms with van der Waals surface area (Å²) in [4.78, 5) is 24.0. The minimum atomic E-state index is -4.77. The number of amides is 1. The summed E-state index contributed by atoms with van der Waals surface area (Å²) in [5.74, 6) is -0.758. The number of hydrogen-bond acceptors (Lipinski definition) is 4. The molecule has 9 heteroatoms. The maximum atomic E-state index is 13.5. The predicted octanol–water partition coefficient (Wildman–Crippen LogP) is 4.26. The molecule has 3 aromatic rings. The fourth-order valence-electron chi connectivity index (χ4n) is 3.32. The number of aromatic nitrogens is 2. The smallest absolute Gasteiger partial charge is 0.368 e. The number of carbonyl (C=O) groups is 1. The molecule has 150 valence electrons. The number of piperazine rings is 1. The lowest BCUT2D eigenvalue weighted by molar-refractivity contribution is -0.141. The van der Waals surface area contributed by atoms with E-state index in [0.717, 1.165) is 5.69 Å². The normalized spacial score (nSPS) is 15.0. The summed E-state index contributed by atoms with van der Waals surface area (Å²) in [6.45, 7) is 1.56. The molecule has 2 aromatic carbocycles. The average Bonchev–Trinajstić information content (AvgIpc) is 2.72. The summed E-state index contributed by atoms with van der Waals surface area (Å²) in [7, 11) is 0. The highest BCUT2D eigenvalue weighted by atomic mass is 35.5. The average molecular weight is 421 g/mol. The Balaban J connectivity index is 1.58. The van der Waals surface area contributed by atoms with Crippen molar-refractivity contribution in [3.8, 4) is 0 Å². The number of anilines is 1. The SMILES string of the molecule is O=C(c1nc2ccccc2nc1C(F)(F)F)N1CCN(c2ccc(Cl)cc2)CC1. The van der Waals surface area contributed by atoms with Crippen LogP contribution in [0, 0.1) is 0 Å². The third-order valence-corrected chi connectivity index (χ3v) is 5.05. The fourth-order valence-corrected chi connectivity index (χ4v) is 3.44.